The zero-order valence-corrected chi connectivity index (χ0v) is 17.4. The van der Waals surface area contributed by atoms with E-state index < -0.39 is 11.9 Å². The highest BCUT2D eigenvalue weighted by atomic mass is 32.1. The van der Waals surface area contributed by atoms with Gasteiger partial charge in [0.25, 0.3) is 5.91 Å². The molecule has 0 fully saturated rings. The van der Waals surface area contributed by atoms with Crippen LogP contribution >= 0.6 is 11.3 Å². The summed E-state index contributed by atoms with van der Waals surface area (Å²) in [7, 11) is 0. The van der Waals surface area contributed by atoms with E-state index in [9.17, 15) is 14.7 Å². The van der Waals surface area contributed by atoms with E-state index in [0.717, 1.165) is 41.3 Å². The number of carboxylic acid groups (broad SMARTS) is 1. The number of aryl methyl sites for hydroxylation is 1. The minimum absolute atomic E-state index is 0.0941. The van der Waals surface area contributed by atoms with Crippen LogP contribution in [-0.2, 0) is 16.0 Å². The van der Waals surface area contributed by atoms with Crippen molar-refractivity contribution in [1.29, 1.82) is 0 Å². The number of thiophene rings is 1. The van der Waals surface area contributed by atoms with Gasteiger partial charge in [0.15, 0.2) is 5.71 Å². The van der Waals surface area contributed by atoms with E-state index in [1.807, 2.05) is 41.8 Å². The number of rotatable bonds is 4. The van der Waals surface area contributed by atoms with Crippen molar-refractivity contribution >= 4 is 51.4 Å². The molecule has 3 heterocycles. The lowest BCUT2D eigenvalue weighted by Gasteiger charge is -2.31. The Morgan fingerprint density at radius 2 is 1.94 bits per heavy atom. The summed E-state index contributed by atoms with van der Waals surface area (Å²) in [5.74, 6) is -1.64. The standard InChI is InChI=1S/C24H19N3O3S/c28-23-19(22(24(29)30)25-27(23)21-9-5-13-31-21)15-16-10-11-20-17(14-16)6-4-12-26(20)18-7-2-1-3-8-18/h1-3,5,7-11,13-15H,4,6,12H2,(H,29,30). The number of para-hydroxylation sites is 1. The molecule has 1 N–H and O–H groups in total. The molecule has 31 heavy (non-hydrogen) atoms. The summed E-state index contributed by atoms with van der Waals surface area (Å²) in [4.78, 5) is 27.0. The molecule has 2 aromatic carbocycles. The van der Waals surface area contributed by atoms with E-state index in [1.165, 1.54) is 16.9 Å². The fraction of sp³-hybridized carbons (Fsp3) is 0.125. The van der Waals surface area contributed by atoms with Gasteiger partial charge in [-0.1, -0.05) is 24.3 Å². The number of carbonyl (C=O) groups is 2. The number of carboxylic acids is 1. The van der Waals surface area contributed by atoms with Crippen molar-refractivity contribution in [3.63, 3.8) is 0 Å². The summed E-state index contributed by atoms with van der Waals surface area (Å²) in [5.41, 5.74) is 4.12. The molecule has 0 spiro atoms. The van der Waals surface area contributed by atoms with Crippen molar-refractivity contribution < 1.29 is 14.7 Å². The number of hydrogen-bond acceptors (Lipinski definition) is 5. The molecule has 1 amide bonds. The molecule has 0 radical (unpaired) electrons. The van der Waals surface area contributed by atoms with Crippen molar-refractivity contribution in [1.82, 2.24) is 0 Å². The number of anilines is 3. The first kappa shape index (κ1) is 19.3. The molecule has 0 bridgehead atoms. The molecule has 2 aliphatic heterocycles. The van der Waals surface area contributed by atoms with Gasteiger partial charge in [0.2, 0.25) is 0 Å². The average molecular weight is 430 g/mol. The summed E-state index contributed by atoms with van der Waals surface area (Å²) >= 11 is 1.34. The summed E-state index contributed by atoms with van der Waals surface area (Å²) in [6, 6.07) is 19.8. The molecule has 0 unspecified atom stereocenters. The van der Waals surface area contributed by atoms with Gasteiger partial charge in [-0.25, -0.2) is 4.79 Å². The van der Waals surface area contributed by atoms with Crippen LogP contribution in [0.4, 0.5) is 16.4 Å². The van der Waals surface area contributed by atoms with Crippen LogP contribution in [-0.4, -0.2) is 29.2 Å². The van der Waals surface area contributed by atoms with Crippen LogP contribution in [0.2, 0.25) is 0 Å². The van der Waals surface area contributed by atoms with Crippen LogP contribution < -0.4 is 9.91 Å². The lowest BCUT2D eigenvalue weighted by atomic mass is 9.97. The highest BCUT2D eigenvalue weighted by Crippen LogP contribution is 2.35. The van der Waals surface area contributed by atoms with Gasteiger partial charge in [-0.15, -0.1) is 11.3 Å². The van der Waals surface area contributed by atoms with Gasteiger partial charge < -0.3 is 10.0 Å². The van der Waals surface area contributed by atoms with Crippen molar-refractivity contribution in [2.75, 3.05) is 16.5 Å². The van der Waals surface area contributed by atoms with Crippen molar-refractivity contribution in [2.45, 2.75) is 12.8 Å². The second-order valence-electron chi connectivity index (χ2n) is 7.36. The lowest BCUT2D eigenvalue weighted by molar-refractivity contribution is -0.129. The van der Waals surface area contributed by atoms with Gasteiger partial charge in [-0.2, -0.15) is 10.1 Å². The Morgan fingerprint density at radius 3 is 2.68 bits per heavy atom. The van der Waals surface area contributed by atoms with E-state index in [-0.39, 0.29) is 11.3 Å². The molecule has 154 valence electrons. The molecule has 1 aromatic heterocycles. The van der Waals surface area contributed by atoms with E-state index in [2.05, 4.69) is 22.1 Å². The second-order valence-corrected chi connectivity index (χ2v) is 8.29. The summed E-state index contributed by atoms with van der Waals surface area (Å²) in [5, 5.41) is 17.2. The molecular weight excluding hydrogens is 410 g/mol. The van der Waals surface area contributed by atoms with Crippen LogP contribution in [0.3, 0.4) is 0 Å². The normalized spacial score (nSPS) is 17.1. The number of hydrazone groups is 1. The topological polar surface area (TPSA) is 73.2 Å². The van der Waals surface area contributed by atoms with Gasteiger partial charge in [-0.05, 0) is 71.8 Å². The van der Waals surface area contributed by atoms with E-state index in [1.54, 1.807) is 18.2 Å². The Hall–Kier alpha value is -3.71. The van der Waals surface area contributed by atoms with Gasteiger partial charge in [0.1, 0.15) is 5.00 Å². The van der Waals surface area contributed by atoms with Crippen LogP contribution in [0.5, 0.6) is 0 Å². The zero-order valence-electron chi connectivity index (χ0n) is 16.6. The van der Waals surface area contributed by atoms with E-state index >= 15 is 0 Å². The van der Waals surface area contributed by atoms with Crippen molar-refractivity contribution in [3.05, 3.63) is 82.7 Å². The predicted molar refractivity (Wildman–Crippen MR) is 123 cm³/mol. The Morgan fingerprint density at radius 1 is 1.10 bits per heavy atom. The number of fused-ring (bicyclic) bond motifs is 1. The number of benzene rings is 2. The highest BCUT2D eigenvalue weighted by Gasteiger charge is 2.35. The van der Waals surface area contributed by atoms with E-state index in [0.29, 0.717) is 5.00 Å². The lowest BCUT2D eigenvalue weighted by Crippen LogP contribution is -2.24. The van der Waals surface area contributed by atoms with Crippen LogP contribution in [0, 0.1) is 0 Å². The minimum Gasteiger partial charge on any atom is -0.476 e. The largest absolute Gasteiger partial charge is 0.476 e. The van der Waals surface area contributed by atoms with Gasteiger partial charge in [0, 0.05) is 17.9 Å². The summed E-state index contributed by atoms with van der Waals surface area (Å²) in [6.07, 6.45) is 3.59. The number of hydrogen-bond donors (Lipinski definition) is 1. The fourth-order valence-electron chi connectivity index (χ4n) is 3.99. The first-order chi connectivity index (χ1) is 15.1. The van der Waals surface area contributed by atoms with Gasteiger partial charge >= 0.3 is 5.97 Å². The monoisotopic (exact) mass is 429 g/mol. The molecule has 5 rings (SSSR count). The number of nitrogens with zero attached hydrogens (tertiary/aromatic N) is 3. The van der Waals surface area contributed by atoms with E-state index in [4.69, 9.17) is 0 Å². The Balaban J connectivity index is 1.50. The number of carbonyl (C=O) groups excluding carboxylic acids is 1. The average Bonchev–Trinajstić information content (AvgIpc) is 3.42. The van der Waals surface area contributed by atoms with Gasteiger partial charge in [-0.3, -0.25) is 4.79 Å². The van der Waals surface area contributed by atoms with Gasteiger partial charge in [0.05, 0.1) is 5.57 Å². The molecule has 3 aromatic rings. The quantitative estimate of drug-likeness (QED) is 0.610. The fourth-order valence-corrected chi connectivity index (χ4v) is 4.67. The van der Waals surface area contributed by atoms with Crippen molar-refractivity contribution in [3.8, 4) is 0 Å². The Labute approximate surface area is 183 Å². The van der Waals surface area contributed by atoms with Crippen molar-refractivity contribution in [2.24, 2.45) is 5.10 Å². The first-order valence-corrected chi connectivity index (χ1v) is 10.9. The molecule has 7 heteroatoms. The Bertz CT molecular complexity index is 1220. The third-order valence-corrected chi connectivity index (χ3v) is 6.24. The molecule has 0 saturated heterocycles. The molecule has 6 nitrogen and oxygen atoms in total. The summed E-state index contributed by atoms with van der Waals surface area (Å²) in [6.45, 7) is 0.946. The first-order valence-electron chi connectivity index (χ1n) is 9.99. The minimum atomic E-state index is -1.22. The third kappa shape index (κ3) is 3.53. The summed E-state index contributed by atoms with van der Waals surface area (Å²) < 4.78 is 0. The van der Waals surface area contributed by atoms with Crippen LogP contribution in [0.25, 0.3) is 6.08 Å². The second kappa shape index (κ2) is 7.85. The number of amides is 1. The predicted octanol–water partition coefficient (Wildman–Crippen LogP) is 4.70. The molecule has 2 aliphatic rings. The molecule has 0 saturated carbocycles. The maximum absolute atomic E-state index is 12.9. The molecular formula is C24H19N3O3S. The third-order valence-electron chi connectivity index (χ3n) is 5.40. The molecule has 0 atom stereocenters. The Kier molecular flexibility index (Phi) is 4.88. The van der Waals surface area contributed by atoms with Crippen LogP contribution in [0.1, 0.15) is 17.5 Å². The maximum Gasteiger partial charge on any atom is 0.357 e. The zero-order chi connectivity index (χ0) is 21.4. The molecule has 0 aliphatic carbocycles. The highest BCUT2D eigenvalue weighted by molar-refractivity contribution is 7.14. The maximum atomic E-state index is 12.9. The smallest absolute Gasteiger partial charge is 0.357 e. The van der Waals surface area contributed by atoms with Crippen LogP contribution in [0.15, 0.2) is 76.7 Å². The number of aliphatic carboxylic acids is 1. The SMILES string of the molecule is O=C(O)C1=NN(c2cccs2)C(=O)C1=Cc1ccc2c(c1)CCCN2c1ccccc1.